The summed E-state index contributed by atoms with van der Waals surface area (Å²) in [7, 11) is 1.68. The highest BCUT2D eigenvalue weighted by molar-refractivity contribution is 5.96. The predicted octanol–water partition coefficient (Wildman–Crippen LogP) is 0.807. The highest BCUT2D eigenvalue weighted by Crippen LogP contribution is 2.11. The lowest BCUT2D eigenvalue weighted by Crippen LogP contribution is -2.49. The number of hydrogen-bond acceptors (Lipinski definition) is 3. The van der Waals surface area contributed by atoms with Gasteiger partial charge in [-0.05, 0) is 37.1 Å². The first-order chi connectivity index (χ1) is 9.99. The van der Waals surface area contributed by atoms with Gasteiger partial charge in [0.05, 0.1) is 6.54 Å². The van der Waals surface area contributed by atoms with Gasteiger partial charge in [-0.15, -0.1) is 0 Å². The molecule has 1 aliphatic heterocycles. The number of nitrogens with one attached hydrogen (secondary N) is 1. The maximum atomic E-state index is 12.4. The number of carbonyl (C=O) groups excluding carboxylic acids is 2. The Morgan fingerprint density at radius 2 is 1.86 bits per heavy atom. The fourth-order valence-electron chi connectivity index (χ4n) is 2.38. The molecule has 114 valence electrons. The zero-order valence-electron chi connectivity index (χ0n) is 13.0. The Morgan fingerprint density at radius 3 is 2.48 bits per heavy atom. The average molecular weight is 289 g/mol. The molecule has 0 spiro atoms. The molecule has 1 saturated heterocycles. The van der Waals surface area contributed by atoms with E-state index in [9.17, 15) is 9.59 Å². The SMILES string of the molecule is Cc1ccc(C(=O)N(C)CC(=O)N2CCNCC2)cc1C. The molecule has 2 amide bonds. The third-order valence-corrected chi connectivity index (χ3v) is 3.94. The minimum absolute atomic E-state index is 0.0104. The lowest BCUT2D eigenvalue weighted by Gasteiger charge is -2.29. The van der Waals surface area contributed by atoms with Crippen LogP contribution in [-0.4, -0.2) is 61.4 Å². The van der Waals surface area contributed by atoms with Crippen molar-refractivity contribution in [2.45, 2.75) is 13.8 Å². The quantitative estimate of drug-likeness (QED) is 0.896. The summed E-state index contributed by atoms with van der Waals surface area (Å²) in [5, 5.41) is 3.21. The van der Waals surface area contributed by atoms with Crippen LogP contribution < -0.4 is 5.32 Å². The second kappa shape index (κ2) is 6.72. The van der Waals surface area contributed by atoms with E-state index < -0.39 is 0 Å². The molecular weight excluding hydrogens is 266 g/mol. The van der Waals surface area contributed by atoms with Crippen molar-refractivity contribution >= 4 is 11.8 Å². The van der Waals surface area contributed by atoms with Crippen molar-refractivity contribution in [1.29, 1.82) is 0 Å². The summed E-state index contributed by atoms with van der Waals surface area (Å²) in [5.41, 5.74) is 2.88. The van der Waals surface area contributed by atoms with E-state index in [0.717, 1.165) is 24.2 Å². The Balaban J connectivity index is 1.98. The molecule has 1 aromatic rings. The van der Waals surface area contributed by atoms with Crippen molar-refractivity contribution < 1.29 is 9.59 Å². The number of likely N-dealkylation sites (N-methyl/N-ethyl adjacent to an activating group) is 1. The smallest absolute Gasteiger partial charge is 0.254 e. The molecular formula is C16H23N3O2. The maximum absolute atomic E-state index is 12.4. The van der Waals surface area contributed by atoms with E-state index in [2.05, 4.69) is 5.32 Å². The van der Waals surface area contributed by atoms with Crippen molar-refractivity contribution in [1.82, 2.24) is 15.1 Å². The molecule has 5 nitrogen and oxygen atoms in total. The van der Waals surface area contributed by atoms with Crippen LogP contribution >= 0.6 is 0 Å². The van der Waals surface area contributed by atoms with E-state index in [-0.39, 0.29) is 18.4 Å². The van der Waals surface area contributed by atoms with Crippen LogP contribution in [0.25, 0.3) is 0 Å². The van der Waals surface area contributed by atoms with Crippen molar-refractivity contribution in [2.24, 2.45) is 0 Å². The number of rotatable bonds is 3. The van der Waals surface area contributed by atoms with Crippen molar-refractivity contribution in [3.63, 3.8) is 0 Å². The van der Waals surface area contributed by atoms with Gasteiger partial charge < -0.3 is 15.1 Å². The Morgan fingerprint density at radius 1 is 1.19 bits per heavy atom. The van der Waals surface area contributed by atoms with Crippen molar-refractivity contribution in [3.8, 4) is 0 Å². The van der Waals surface area contributed by atoms with Gasteiger partial charge in [-0.25, -0.2) is 0 Å². The van der Waals surface area contributed by atoms with Gasteiger partial charge in [0, 0.05) is 38.8 Å². The molecule has 0 aromatic heterocycles. The molecule has 0 unspecified atom stereocenters. The molecule has 1 N–H and O–H groups in total. The molecule has 0 aliphatic carbocycles. The van der Waals surface area contributed by atoms with Gasteiger partial charge >= 0.3 is 0 Å². The van der Waals surface area contributed by atoms with E-state index in [4.69, 9.17) is 0 Å². The third kappa shape index (κ3) is 3.82. The topological polar surface area (TPSA) is 52.7 Å². The van der Waals surface area contributed by atoms with E-state index in [1.807, 2.05) is 32.0 Å². The monoisotopic (exact) mass is 289 g/mol. The highest BCUT2D eigenvalue weighted by atomic mass is 16.2. The molecule has 0 bridgehead atoms. The zero-order chi connectivity index (χ0) is 15.4. The number of hydrogen-bond donors (Lipinski definition) is 1. The number of benzene rings is 1. The summed E-state index contributed by atoms with van der Waals surface area (Å²) in [6.45, 7) is 7.20. The number of amides is 2. The first kappa shape index (κ1) is 15.5. The van der Waals surface area contributed by atoms with Gasteiger partial charge in [-0.1, -0.05) is 6.07 Å². The number of piperazine rings is 1. The van der Waals surface area contributed by atoms with Crippen LogP contribution in [-0.2, 0) is 4.79 Å². The Kier molecular flexibility index (Phi) is 4.96. The number of aryl methyl sites for hydroxylation is 2. The average Bonchev–Trinajstić information content (AvgIpc) is 2.50. The largest absolute Gasteiger partial charge is 0.339 e. The van der Waals surface area contributed by atoms with E-state index >= 15 is 0 Å². The first-order valence-electron chi connectivity index (χ1n) is 7.30. The van der Waals surface area contributed by atoms with Crippen LogP contribution in [0.2, 0.25) is 0 Å². The van der Waals surface area contributed by atoms with Gasteiger partial charge in [0.2, 0.25) is 5.91 Å². The molecule has 0 atom stereocenters. The van der Waals surface area contributed by atoms with Gasteiger partial charge in [0.1, 0.15) is 0 Å². The summed E-state index contributed by atoms with van der Waals surface area (Å²) in [5.74, 6) is -0.0993. The molecule has 2 rings (SSSR count). The fraction of sp³-hybridized carbons (Fsp3) is 0.500. The van der Waals surface area contributed by atoms with E-state index in [1.165, 1.54) is 4.90 Å². The number of carbonyl (C=O) groups is 2. The van der Waals surface area contributed by atoms with Gasteiger partial charge in [-0.3, -0.25) is 9.59 Å². The number of nitrogens with zero attached hydrogens (tertiary/aromatic N) is 2. The van der Waals surface area contributed by atoms with Crippen molar-refractivity contribution in [3.05, 3.63) is 34.9 Å². The second-order valence-corrected chi connectivity index (χ2v) is 5.59. The minimum atomic E-state index is -0.110. The first-order valence-corrected chi connectivity index (χ1v) is 7.30. The predicted molar refractivity (Wildman–Crippen MR) is 82.3 cm³/mol. The maximum Gasteiger partial charge on any atom is 0.254 e. The molecule has 1 aromatic carbocycles. The highest BCUT2D eigenvalue weighted by Gasteiger charge is 2.20. The summed E-state index contributed by atoms with van der Waals surface area (Å²) < 4.78 is 0. The van der Waals surface area contributed by atoms with Crippen LogP contribution in [0.4, 0.5) is 0 Å². The standard InChI is InChI=1S/C16H23N3O2/c1-12-4-5-14(10-13(12)2)16(21)18(3)11-15(20)19-8-6-17-7-9-19/h4-5,10,17H,6-9,11H2,1-3H3. The van der Waals surface area contributed by atoms with Gasteiger partial charge in [0.15, 0.2) is 0 Å². The van der Waals surface area contributed by atoms with Gasteiger partial charge in [-0.2, -0.15) is 0 Å². The van der Waals surface area contributed by atoms with Crippen LogP contribution in [0.15, 0.2) is 18.2 Å². The minimum Gasteiger partial charge on any atom is -0.339 e. The molecule has 1 heterocycles. The molecule has 1 aliphatic rings. The zero-order valence-corrected chi connectivity index (χ0v) is 13.0. The van der Waals surface area contributed by atoms with Crippen molar-refractivity contribution in [2.75, 3.05) is 39.8 Å². The summed E-state index contributed by atoms with van der Waals surface area (Å²) in [4.78, 5) is 27.8. The van der Waals surface area contributed by atoms with E-state index in [0.29, 0.717) is 18.7 Å². The molecule has 5 heteroatoms. The normalized spacial score (nSPS) is 14.9. The molecule has 0 radical (unpaired) electrons. The van der Waals surface area contributed by atoms with E-state index in [1.54, 1.807) is 11.9 Å². The lowest BCUT2D eigenvalue weighted by atomic mass is 10.1. The van der Waals surface area contributed by atoms with Crippen LogP contribution in [0.5, 0.6) is 0 Å². The van der Waals surface area contributed by atoms with Crippen LogP contribution in [0.3, 0.4) is 0 Å². The van der Waals surface area contributed by atoms with Crippen LogP contribution in [0.1, 0.15) is 21.5 Å². The second-order valence-electron chi connectivity index (χ2n) is 5.59. The van der Waals surface area contributed by atoms with Gasteiger partial charge in [0.25, 0.3) is 5.91 Å². The third-order valence-electron chi connectivity index (χ3n) is 3.94. The summed E-state index contributed by atoms with van der Waals surface area (Å²) in [6, 6.07) is 5.63. The Labute approximate surface area is 125 Å². The summed E-state index contributed by atoms with van der Waals surface area (Å²) >= 11 is 0. The molecule has 0 saturated carbocycles. The summed E-state index contributed by atoms with van der Waals surface area (Å²) in [6.07, 6.45) is 0. The lowest BCUT2D eigenvalue weighted by molar-refractivity contribution is -0.132. The Bertz CT molecular complexity index is 536. The molecule has 21 heavy (non-hydrogen) atoms. The van der Waals surface area contributed by atoms with Crippen LogP contribution in [0, 0.1) is 13.8 Å². The Hall–Kier alpha value is -1.88. The fourth-order valence-corrected chi connectivity index (χ4v) is 2.38. The molecule has 1 fully saturated rings.